The molecule has 33 valence electrons. The molecule has 0 radical (unpaired) electrons. The predicted molar refractivity (Wildman–Crippen MR) is 9.47 cm³/mol. The first kappa shape index (κ1) is 9.50. The Kier molecular flexibility index (Phi) is 14.2. The summed E-state index contributed by atoms with van der Waals surface area (Å²) in [7, 11) is 0. The summed E-state index contributed by atoms with van der Waals surface area (Å²) in [6.45, 7) is 0. The molecule has 1 N–H and O–H groups in total. The molecule has 0 fully saturated rings. The van der Waals surface area contributed by atoms with Crippen molar-refractivity contribution in [2.45, 2.75) is 0 Å². The van der Waals surface area contributed by atoms with Gasteiger partial charge in [0.15, 0.2) is 0 Å². The van der Waals surface area contributed by atoms with E-state index in [0.29, 0.717) is 0 Å². The van der Waals surface area contributed by atoms with E-state index in [2.05, 4.69) is 0 Å². The van der Waals surface area contributed by atoms with Gasteiger partial charge in [-0.25, -0.2) is 0 Å². The molecule has 0 unspecified atom stereocenters. The third-order valence-corrected chi connectivity index (χ3v) is 0. The Hall–Kier alpha value is 0.195. The molecular weight excluding hydrogens is 217 g/mol. The van der Waals surface area contributed by atoms with E-state index in [4.69, 9.17) is 17.0 Å². The summed E-state index contributed by atoms with van der Waals surface area (Å²) >= 11 is -0.0833. The molecular formula is HLaNO4. The van der Waals surface area contributed by atoms with E-state index < -0.39 is 5.09 Å². The van der Waals surface area contributed by atoms with E-state index in [1.54, 1.807) is 0 Å². The molecule has 0 aliphatic carbocycles. The Labute approximate surface area is 55.8 Å². The topological polar surface area (TPSA) is 80.4 Å². The van der Waals surface area contributed by atoms with Gasteiger partial charge in [-0.2, -0.15) is 0 Å². The van der Waals surface area contributed by atoms with Crippen molar-refractivity contribution in [1.29, 1.82) is 0 Å². The summed E-state index contributed by atoms with van der Waals surface area (Å²) in [5, 5.41) is 13.6. The fraction of sp³-hybridized carbons (Fsp3) is 0. The Morgan fingerprint density at radius 1 is 1.67 bits per heavy atom. The number of hydrogen-bond donors (Lipinski definition) is 1. The zero-order valence-corrected chi connectivity index (χ0v) is 6.32. The molecule has 0 aromatic heterocycles. The Morgan fingerprint density at radius 2 is 1.67 bits per heavy atom. The standard InChI is InChI=1S/La.HNO3.O/c;2-1(3)4;/h;(H,2,3,4);. The quantitative estimate of drug-likeness (QED) is 0.440. The van der Waals surface area contributed by atoms with E-state index in [0.717, 1.165) is 0 Å². The van der Waals surface area contributed by atoms with Crippen molar-refractivity contribution in [3.8, 4) is 0 Å². The molecule has 0 aliphatic rings. The third-order valence-electron chi connectivity index (χ3n) is 0. The Morgan fingerprint density at radius 3 is 1.67 bits per heavy atom. The fourth-order valence-corrected chi connectivity index (χ4v) is 0. The first-order chi connectivity index (χ1) is 2.73. The van der Waals surface area contributed by atoms with Gasteiger partial charge in [0.05, 0.1) is 0 Å². The Balaban J connectivity index is 0. The average molecular weight is 218 g/mol. The summed E-state index contributed by atoms with van der Waals surface area (Å²) in [5.74, 6) is 0. The zero-order chi connectivity index (χ0) is 5.58. The normalized spacial score (nSPS) is 5.00. The van der Waals surface area contributed by atoms with Crippen molar-refractivity contribution in [1.82, 2.24) is 0 Å². The molecule has 0 saturated heterocycles. The van der Waals surface area contributed by atoms with Gasteiger partial charge in [0, 0.05) is 0 Å². The van der Waals surface area contributed by atoms with E-state index in [-0.39, 0.29) is 33.8 Å². The van der Waals surface area contributed by atoms with Crippen molar-refractivity contribution < 1.29 is 45.8 Å². The third kappa shape index (κ3) is 1130. The molecule has 6 heavy (non-hydrogen) atoms. The van der Waals surface area contributed by atoms with Crippen LogP contribution < -0.4 is 0 Å². The molecule has 0 atom stereocenters. The summed E-state index contributed by atoms with van der Waals surface area (Å²) in [4.78, 5) is 8.36. The molecule has 0 aliphatic heterocycles. The van der Waals surface area contributed by atoms with E-state index in [1.807, 2.05) is 0 Å². The van der Waals surface area contributed by atoms with Crippen LogP contribution in [-0.2, 0) is 1.70 Å². The predicted octanol–water partition coefficient (Wildman–Crippen LogP) is -0.467. The molecule has 0 aromatic rings. The molecule has 0 spiro atoms. The zero-order valence-electron chi connectivity index (χ0n) is 2.70. The SMILES string of the molecule is O=[N+]([O-])O.[O]=[La]. The average Bonchev–Trinajstić information content (AvgIpc) is 1.41. The van der Waals surface area contributed by atoms with Crippen LogP contribution in [-0.4, -0.2) is 10.3 Å². The van der Waals surface area contributed by atoms with Gasteiger partial charge in [-0.3, -0.25) is 0 Å². The van der Waals surface area contributed by atoms with Gasteiger partial charge < -0.3 is 5.21 Å². The molecule has 0 bridgehead atoms. The second-order valence-corrected chi connectivity index (χ2v) is 0.238. The van der Waals surface area contributed by atoms with Crippen LogP contribution in [0.5, 0.6) is 0 Å². The maximum atomic E-state index is 8.42. The monoisotopic (exact) mass is 218 g/mol. The van der Waals surface area contributed by atoms with Gasteiger partial charge in [-0.15, -0.1) is 10.1 Å². The number of hydrogen-bond acceptors (Lipinski definition) is 3. The van der Waals surface area contributed by atoms with Crippen LogP contribution in [0.4, 0.5) is 0 Å². The van der Waals surface area contributed by atoms with Crippen molar-refractivity contribution in [3.63, 3.8) is 0 Å². The van der Waals surface area contributed by atoms with Gasteiger partial charge in [-0.1, -0.05) is 0 Å². The molecule has 5 nitrogen and oxygen atoms in total. The maximum absolute atomic E-state index is 8.42. The van der Waals surface area contributed by atoms with Crippen molar-refractivity contribution >= 4 is 0 Å². The van der Waals surface area contributed by atoms with E-state index >= 15 is 0 Å². The second-order valence-electron chi connectivity index (χ2n) is 0.238. The van der Waals surface area contributed by atoms with Crippen molar-refractivity contribution in [2.75, 3.05) is 0 Å². The molecule has 0 saturated carbocycles. The second kappa shape index (κ2) is 8.96. The van der Waals surface area contributed by atoms with Gasteiger partial charge in [-0.05, 0) is 0 Å². The summed E-state index contributed by atoms with van der Waals surface area (Å²) in [6, 6.07) is 0. The van der Waals surface area contributed by atoms with Gasteiger partial charge in [0.1, 0.15) is 0 Å². The fourth-order valence-electron chi connectivity index (χ4n) is 0. The molecule has 0 heterocycles. The molecule has 6 heteroatoms. The first-order valence-corrected chi connectivity index (χ1v) is 2.28. The number of nitrogens with zero attached hydrogens (tertiary/aromatic N) is 1. The summed E-state index contributed by atoms with van der Waals surface area (Å²) in [5.41, 5.74) is 0. The summed E-state index contributed by atoms with van der Waals surface area (Å²) < 4.78 is 8.42. The minimum atomic E-state index is -1.50. The van der Waals surface area contributed by atoms with Crippen molar-refractivity contribution in [2.24, 2.45) is 0 Å². The van der Waals surface area contributed by atoms with Gasteiger partial charge in [0.2, 0.25) is 0 Å². The Bertz CT molecular complexity index is 38.8. The van der Waals surface area contributed by atoms with Crippen LogP contribution in [0.25, 0.3) is 0 Å². The molecule has 0 aromatic carbocycles. The van der Waals surface area contributed by atoms with Crippen LogP contribution >= 0.6 is 0 Å². The first-order valence-electron chi connectivity index (χ1n) is 0.801. The number of rotatable bonds is 0. The van der Waals surface area contributed by atoms with Crippen molar-refractivity contribution in [3.05, 3.63) is 10.1 Å². The van der Waals surface area contributed by atoms with Gasteiger partial charge >= 0.3 is 35.5 Å². The van der Waals surface area contributed by atoms with Crippen LogP contribution in [0.3, 0.4) is 0 Å². The van der Waals surface area contributed by atoms with Crippen LogP contribution in [0, 0.1) is 43.9 Å². The molecule has 0 amide bonds. The van der Waals surface area contributed by atoms with E-state index in [9.17, 15) is 0 Å². The minimum absolute atomic E-state index is 0.0833. The van der Waals surface area contributed by atoms with Gasteiger partial charge in [0.25, 0.3) is 5.09 Å². The van der Waals surface area contributed by atoms with Crippen LogP contribution in [0.15, 0.2) is 0 Å². The summed E-state index contributed by atoms with van der Waals surface area (Å²) in [6.07, 6.45) is 0. The van der Waals surface area contributed by atoms with E-state index in [1.165, 1.54) is 0 Å². The van der Waals surface area contributed by atoms with Crippen LogP contribution in [0.2, 0.25) is 0 Å². The molecule has 0 rings (SSSR count). The van der Waals surface area contributed by atoms with Crippen LogP contribution in [0.1, 0.15) is 0 Å².